The van der Waals surface area contributed by atoms with Crippen molar-refractivity contribution in [3.63, 3.8) is 0 Å². The molecule has 5 nitrogen and oxygen atoms in total. The van der Waals surface area contributed by atoms with Crippen molar-refractivity contribution < 1.29 is 19.0 Å². The molecule has 2 aliphatic rings. The molecule has 0 N–H and O–H groups in total. The quantitative estimate of drug-likeness (QED) is 0.850. The molecular weight excluding hydrogens is 294 g/mol. The van der Waals surface area contributed by atoms with E-state index in [1.54, 1.807) is 7.11 Å². The molecule has 1 amide bonds. The van der Waals surface area contributed by atoms with Gasteiger partial charge in [-0.15, -0.1) is 0 Å². The lowest BCUT2D eigenvalue weighted by molar-refractivity contribution is -0.146. The van der Waals surface area contributed by atoms with Gasteiger partial charge in [0, 0.05) is 38.6 Å². The van der Waals surface area contributed by atoms with Gasteiger partial charge in [-0.2, -0.15) is 0 Å². The predicted molar refractivity (Wildman–Crippen MR) is 86.6 cm³/mol. The number of methoxy groups -OCH3 is 1. The van der Waals surface area contributed by atoms with Crippen LogP contribution in [0.15, 0.2) is 24.3 Å². The van der Waals surface area contributed by atoms with Crippen molar-refractivity contribution in [3.8, 4) is 5.75 Å². The van der Waals surface area contributed by atoms with Gasteiger partial charge in [0.05, 0.1) is 19.8 Å². The molecule has 2 aliphatic heterocycles. The lowest BCUT2D eigenvalue weighted by atomic mass is 9.97. The minimum Gasteiger partial charge on any atom is -0.497 e. The Hall–Kier alpha value is -1.59. The molecule has 0 aromatic heterocycles. The van der Waals surface area contributed by atoms with Gasteiger partial charge in [0.1, 0.15) is 5.75 Å². The van der Waals surface area contributed by atoms with Crippen LogP contribution in [0.3, 0.4) is 0 Å². The van der Waals surface area contributed by atoms with Crippen LogP contribution in [0.1, 0.15) is 18.4 Å². The summed E-state index contributed by atoms with van der Waals surface area (Å²) in [6.45, 7) is 3.39. The first-order valence-electron chi connectivity index (χ1n) is 8.37. The molecule has 1 atom stereocenters. The number of morpholine rings is 1. The lowest BCUT2D eigenvalue weighted by Crippen LogP contribution is -2.49. The van der Waals surface area contributed by atoms with Crippen LogP contribution in [0, 0.1) is 5.92 Å². The molecule has 0 saturated carbocycles. The molecule has 2 heterocycles. The summed E-state index contributed by atoms with van der Waals surface area (Å²) < 4.78 is 16.5. The van der Waals surface area contributed by atoms with Crippen LogP contribution in [-0.4, -0.2) is 56.9 Å². The van der Waals surface area contributed by atoms with Crippen molar-refractivity contribution in [3.05, 3.63) is 29.8 Å². The summed E-state index contributed by atoms with van der Waals surface area (Å²) >= 11 is 0. The largest absolute Gasteiger partial charge is 0.497 e. The molecule has 5 heteroatoms. The van der Waals surface area contributed by atoms with E-state index in [-0.39, 0.29) is 17.9 Å². The molecule has 126 valence electrons. The Kier molecular flexibility index (Phi) is 5.51. The molecule has 0 bridgehead atoms. The summed E-state index contributed by atoms with van der Waals surface area (Å²) in [6.07, 6.45) is 2.54. The Balaban J connectivity index is 1.58. The van der Waals surface area contributed by atoms with Gasteiger partial charge in [0.2, 0.25) is 5.91 Å². The van der Waals surface area contributed by atoms with Gasteiger partial charge < -0.3 is 19.1 Å². The molecule has 2 saturated heterocycles. The highest BCUT2D eigenvalue weighted by atomic mass is 16.5. The number of hydrogen-bond donors (Lipinski definition) is 0. The number of hydrogen-bond acceptors (Lipinski definition) is 4. The van der Waals surface area contributed by atoms with Crippen LogP contribution in [-0.2, 0) is 20.7 Å². The van der Waals surface area contributed by atoms with E-state index in [0.717, 1.165) is 25.0 Å². The van der Waals surface area contributed by atoms with E-state index < -0.39 is 0 Å². The summed E-state index contributed by atoms with van der Waals surface area (Å²) in [6, 6.07) is 8.03. The van der Waals surface area contributed by atoms with Crippen LogP contribution >= 0.6 is 0 Å². The summed E-state index contributed by atoms with van der Waals surface area (Å²) in [5.41, 5.74) is 1.18. The van der Waals surface area contributed by atoms with Gasteiger partial charge in [-0.3, -0.25) is 4.79 Å². The maximum Gasteiger partial charge on any atom is 0.226 e. The topological polar surface area (TPSA) is 48.0 Å². The minimum absolute atomic E-state index is 0.0552. The van der Waals surface area contributed by atoms with Gasteiger partial charge in [-0.1, -0.05) is 12.1 Å². The van der Waals surface area contributed by atoms with Gasteiger partial charge >= 0.3 is 0 Å². The predicted octanol–water partition coefficient (Wildman–Crippen LogP) is 1.89. The third-order valence-corrected chi connectivity index (χ3v) is 4.62. The third kappa shape index (κ3) is 4.24. The zero-order valence-corrected chi connectivity index (χ0v) is 13.7. The van der Waals surface area contributed by atoms with Crippen molar-refractivity contribution >= 4 is 5.91 Å². The fraction of sp³-hybridized carbons (Fsp3) is 0.611. The van der Waals surface area contributed by atoms with E-state index in [2.05, 4.69) is 6.07 Å². The highest BCUT2D eigenvalue weighted by Gasteiger charge is 2.30. The first kappa shape index (κ1) is 16.3. The zero-order chi connectivity index (χ0) is 16.1. The van der Waals surface area contributed by atoms with Crippen molar-refractivity contribution in [2.45, 2.75) is 25.4 Å². The fourth-order valence-corrected chi connectivity index (χ4v) is 3.31. The van der Waals surface area contributed by atoms with Crippen LogP contribution < -0.4 is 4.74 Å². The molecular formula is C18H25NO4. The average molecular weight is 319 g/mol. The second-order valence-corrected chi connectivity index (χ2v) is 6.22. The van der Waals surface area contributed by atoms with Crippen molar-refractivity contribution in [1.29, 1.82) is 0 Å². The number of carbonyl (C=O) groups excluding carboxylic acids is 1. The molecule has 0 aliphatic carbocycles. The van der Waals surface area contributed by atoms with E-state index in [1.165, 1.54) is 5.56 Å². The highest BCUT2D eigenvalue weighted by molar-refractivity contribution is 5.79. The Morgan fingerprint density at radius 3 is 2.91 bits per heavy atom. The maximum atomic E-state index is 12.6. The van der Waals surface area contributed by atoms with E-state index in [9.17, 15) is 4.79 Å². The molecule has 0 radical (unpaired) electrons. The van der Waals surface area contributed by atoms with Crippen LogP contribution in [0.4, 0.5) is 0 Å². The molecule has 1 aromatic rings. The SMILES string of the molecule is COc1cccc(C[C@@H]2CN(C(=O)C3CCOCC3)CCO2)c1. The average Bonchev–Trinajstić information content (AvgIpc) is 2.62. The number of nitrogens with zero attached hydrogens (tertiary/aromatic N) is 1. The second-order valence-electron chi connectivity index (χ2n) is 6.22. The van der Waals surface area contributed by atoms with Gasteiger partial charge in [-0.05, 0) is 30.5 Å². The zero-order valence-electron chi connectivity index (χ0n) is 13.7. The Labute approximate surface area is 137 Å². The Bertz CT molecular complexity index is 528. The Morgan fingerprint density at radius 2 is 2.13 bits per heavy atom. The first-order valence-corrected chi connectivity index (χ1v) is 8.37. The van der Waals surface area contributed by atoms with E-state index in [0.29, 0.717) is 32.9 Å². The van der Waals surface area contributed by atoms with Crippen LogP contribution in [0.5, 0.6) is 5.75 Å². The molecule has 0 spiro atoms. The number of benzene rings is 1. The first-order chi connectivity index (χ1) is 11.3. The summed E-state index contributed by atoms with van der Waals surface area (Å²) in [7, 11) is 1.67. The minimum atomic E-state index is 0.0552. The number of amides is 1. The standard InChI is InChI=1S/C18H25NO4/c1-21-16-4-2-3-14(11-16)12-17-13-19(7-10-23-17)18(20)15-5-8-22-9-6-15/h2-4,11,15,17H,5-10,12-13H2,1H3/t17-/m1/s1. The van der Waals surface area contributed by atoms with Crippen molar-refractivity contribution in [2.24, 2.45) is 5.92 Å². The fourth-order valence-electron chi connectivity index (χ4n) is 3.31. The van der Waals surface area contributed by atoms with Gasteiger partial charge in [-0.25, -0.2) is 0 Å². The summed E-state index contributed by atoms with van der Waals surface area (Å²) in [5.74, 6) is 1.25. The Morgan fingerprint density at radius 1 is 1.30 bits per heavy atom. The molecule has 23 heavy (non-hydrogen) atoms. The summed E-state index contributed by atoms with van der Waals surface area (Å²) in [5, 5.41) is 0. The maximum absolute atomic E-state index is 12.6. The normalized spacial score (nSPS) is 22.8. The monoisotopic (exact) mass is 319 g/mol. The van der Waals surface area contributed by atoms with Crippen LogP contribution in [0.2, 0.25) is 0 Å². The molecule has 1 aromatic carbocycles. The number of rotatable bonds is 4. The summed E-state index contributed by atoms with van der Waals surface area (Å²) in [4.78, 5) is 14.6. The van der Waals surface area contributed by atoms with Crippen molar-refractivity contribution in [2.75, 3.05) is 40.0 Å². The van der Waals surface area contributed by atoms with E-state index in [4.69, 9.17) is 14.2 Å². The van der Waals surface area contributed by atoms with E-state index in [1.807, 2.05) is 23.1 Å². The lowest BCUT2D eigenvalue weighted by Gasteiger charge is -2.36. The highest BCUT2D eigenvalue weighted by Crippen LogP contribution is 2.21. The molecule has 2 fully saturated rings. The van der Waals surface area contributed by atoms with E-state index >= 15 is 0 Å². The van der Waals surface area contributed by atoms with Gasteiger partial charge in [0.15, 0.2) is 0 Å². The smallest absolute Gasteiger partial charge is 0.226 e. The second kappa shape index (κ2) is 7.79. The number of carbonyl (C=O) groups is 1. The van der Waals surface area contributed by atoms with Crippen molar-refractivity contribution in [1.82, 2.24) is 4.90 Å². The molecule has 0 unspecified atom stereocenters. The number of ether oxygens (including phenoxy) is 3. The van der Waals surface area contributed by atoms with Crippen LogP contribution in [0.25, 0.3) is 0 Å². The molecule has 3 rings (SSSR count). The van der Waals surface area contributed by atoms with Gasteiger partial charge in [0.25, 0.3) is 0 Å². The third-order valence-electron chi connectivity index (χ3n) is 4.62.